The van der Waals surface area contributed by atoms with Crippen molar-refractivity contribution in [2.45, 2.75) is 25.7 Å². The van der Waals surface area contributed by atoms with E-state index in [1.54, 1.807) is 30.3 Å². The first-order valence-electron chi connectivity index (χ1n) is 9.16. The summed E-state index contributed by atoms with van der Waals surface area (Å²) < 4.78 is 0.751. The van der Waals surface area contributed by atoms with Gasteiger partial charge in [0.25, 0.3) is 5.91 Å². The molecular formula is C21H22BrN3O4. The van der Waals surface area contributed by atoms with Crippen molar-refractivity contribution in [3.63, 3.8) is 0 Å². The summed E-state index contributed by atoms with van der Waals surface area (Å²) in [5.74, 6) is -1.43. The average Bonchev–Trinajstić information content (AvgIpc) is 2.71. The highest BCUT2D eigenvalue weighted by molar-refractivity contribution is 9.10. The minimum absolute atomic E-state index is 0.120. The Morgan fingerprint density at radius 3 is 2.38 bits per heavy atom. The van der Waals surface area contributed by atoms with E-state index in [4.69, 9.17) is 5.11 Å². The Labute approximate surface area is 177 Å². The van der Waals surface area contributed by atoms with Crippen LogP contribution in [-0.4, -0.2) is 35.6 Å². The van der Waals surface area contributed by atoms with E-state index >= 15 is 0 Å². The van der Waals surface area contributed by atoms with Crippen molar-refractivity contribution in [1.29, 1.82) is 0 Å². The third kappa shape index (κ3) is 7.50. The Hall–Kier alpha value is -3.00. The number of carboxylic acid groups (broad SMARTS) is 1. The summed E-state index contributed by atoms with van der Waals surface area (Å²) in [6.07, 6.45) is 3.83. The molecule has 0 radical (unpaired) electrons. The molecule has 29 heavy (non-hydrogen) atoms. The molecule has 2 amide bonds. The number of benzene rings is 2. The van der Waals surface area contributed by atoms with Gasteiger partial charge >= 0.3 is 5.97 Å². The van der Waals surface area contributed by atoms with Gasteiger partial charge in [-0.25, -0.2) is 10.2 Å². The molecule has 0 aliphatic carbocycles. The molecule has 0 unspecified atom stereocenters. The standard InChI is InChI=1S/C21H22BrN3O4/c22-18-11-6-5-10-17(18)20(27)23-13-7-1-2-12-19(26)25-24-14-15-8-3-4-9-16(15)21(28)29/h3-6,8-11,14H,1-2,7,12-13H2,(H,23,27)(H,25,26)(H,28,29)/b24-14-. The molecule has 0 heterocycles. The van der Waals surface area contributed by atoms with E-state index in [1.165, 1.54) is 12.3 Å². The molecule has 0 saturated carbocycles. The molecule has 0 aliphatic heterocycles. The van der Waals surface area contributed by atoms with Gasteiger partial charge < -0.3 is 10.4 Å². The molecule has 2 aromatic rings. The van der Waals surface area contributed by atoms with Crippen LogP contribution in [0.5, 0.6) is 0 Å². The Bertz CT molecular complexity index is 899. The van der Waals surface area contributed by atoms with E-state index < -0.39 is 5.97 Å². The van der Waals surface area contributed by atoms with Crippen LogP contribution in [0.25, 0.3) is 0 Å². The quantitative estimate of drug-likeness (QED) is 0.286. The highest BCUT2D eigenvalue weighted by Crippen LogP contribution is 2.15. The maximum Gasteiger partial charge on any atom is 0.336 e. The number of nitrogens with zero attached hydrogens (tertiary/aromatic N) is 1. The molecule has 8 heteroatoms. The first-order valence-corrected chi connectivity index (χ1v) is 9.95. The average molecular weight is 460 g/mol. The van der Waals surface area contributed by atoms with Gasteiger partial charge in [-0.05, 0) is 47.0 Å². The van der Waals surface area contributed by atoms with Gasteiger partial charge in [-0.3, -0.25) is 9.59 Å². The Morgan fingerprint density at radius 2 is 1.66 bits per heavy atom. The zero-order valence-corrected chi connectivity index (χ0v) is 17.3. The molecule has 7 nitrogen and oxygen atoms in total. The third-order valence-electron chi connectivity index (χ3n) is 4.07. The van der Waals surface area contributed by atoms with Crippen LogP contribution >= 0.6 is 15.9 Å². The first kappa shape index (κ1) is 22.3. The number of hydrogen-bond acceptors (Lipinski definition) is 4. The number of rotatable bonds is 10. The molecule has 0 atom stereocenters. The van der Waals surface area contributed by atoms with E-state index in [0.29, 0.717) is 30.5 Å². The zero-order chi connectivity index (χ0) is 21.1. The van der Waals surface area contributed by atoms with E-state index in [2.05, 4.69) is 31.8 Å². The van der Waals surface area contributed by atoms with Gasteiger partial charge in [-0.1, -0.05) is 36.8 Å². The highest BCUT2D eigenvalue weighted by Gasteiger charge is 2.08. The fourth-order valence-electron chi connectivity index (χ4n) is 2.56. The Balaban J connectivity index is 1.62. The summed E-state index contributed by atoms with van der Waals surface area (Å²) in [7, 11) is 0. The van der Waals surface area contributed by atoms with Crippen molar-refractivity contribution in [3.05, 3.63) is 69.7 Å². The summed E-state index contributed by atoms with van der Waals surface area (Å²) in [4.78, 5) is 35.0. The van der Waals surface area contributed by atoms with E-state index in [1.807, 2.05) is 12.1 Å². The molecule has 0 bridgehead atoms. The van der Waals surface area contributed by atoms with Crippen molar-refractivity contribution in [2.75, 3.05) is 6.54 Å². The molecule has 0 fully saturated rings. The number of carbonyl (C=O) groups excluding carboxylic acids is 2. The van der Waals surface area contributed by atoms with Crippen LogP contribution in [0, 0.1) is 0 Å². The molecule has 2 aromatic carbocycles. The summed E-state index contributed by atoms with van der Waals surface area (Å²) in [5.41, 5.74) is 3.53. The van der Waals surface area contributed by atoms with Gasteiger partial charge in [-0.15, -0.1) is 0 Å². The fourth-order valence-corrected chi connectivity index (χ4v) is 3.03. The number of hydrazone groups is 1. The number of nitrogens with one attached hydrogen (secondary N) is 2. The minimum Gasteiger partial charge on any atom is -0.478 e. The lowest BCUT2D eigenvalue weighted by Crippen LogP contribution is -2.24. The number of aromatic carboxylic acids is 1. The number of halogens is 1. The maximum absolute atomic E-state index is 12.0. The van der Waals surface area contributed by atoms with Gasteiger partial charge in [0, 0.05) is 23.0 Å². The van der Waals surface area contributed by atoms with E-state index in [9.17, 15) is 14.4 Å². The second-order valence-corrected chi connectivity index (χ2v) is 7.09. The van der Waals surface area contributed by atoms with Crippen molar-refractivity contribution < 1.29 is 19.5 Å². The predicted octanol–water partition coefficient (Wildman–Crippen LogP) is 3.59. The summed E-state index contributed by atoms with van der Waals surface area (Å²) in [5, 5.41) is 15.8. The smallest absolute Gasteiger partial charge is 0.336 e. The summed E-state index contributed by atoms with van der Waals surface area (Å²) in [6.45, 7) is 0.534. The molecule has 152 valence electrons. The number of amides is 2. The van der Waals surface area contributed by atoms with Crippen LogP contribution in [-0.2, 0) is 4.79 Å². The van der Waals surface area contributed by atoms with Crippen molar-refractivity contribution in [2.24, 2.45) is 5.10 Å². The van der Waals surface area contributed by atoms with E-state index in [-0.39, 0.29) is 17.4 Å². The van der Waals surface area contributed by atoms with Crippen LogP contribution < -0.4 is 10.7 Å². The maximum atomic E-state index is 12.0. The second-order valence-electron chi connectivity index (χ2n) is 6.23. The third-order valence-corrected chi connectivity index (χ3v) is 4.76. The SMILES string of the molecule is O=C(CCCCCNC(=O)c1ccccc1Br)N/N=C\c1ccccc1C(=O)O. The monoisotopic (exact) mass is 459 g/mol. The Morgan fingerprint density at radius 1 is 0.966 bits per heavy atom. The fraction of sp³-hybridized carbons (Fsp3) is 0.238. The van der Waals surface area contributed by atoms with Crippen LogP contribution in [0.2, 0.25) is 0 Å². The molecule has 0 aliphatic rings. The highest BCUT2D eigenvalue weighted by atomic mass is 79.9. The first-order chi connectivity index (χ1) is 14.0. The molecule has 3 N–H and O–H groups in total. The number of unbranched alkanes of at least 4 members (excludes halogenated alkanes) is 2. The van der Waals surface area contributed by atoms with Crippen molar-refractivity contribution in [3.8, 4) is 0 Å². The molecule has 0 aromatic heterocycles. The Kier molecular flexibility index (Phi) is 9.04. The van der Waals surface area contributed by atoms with E-state index in [0.717, 1.165) is 17.3 Å². The lowest BCUT2D eigenvalue weighted by molar-refractivity contribution is -0.121. The van der Waals surface area contributed by atoms with Gasteiger partial charge in [0.2, 0.25) is 5.91 Å². The summed E-state index contributed by atoms with van der Waals surface area (Å²) >= 11 is 3.35. The van der Waals surface area contributed by atoms with Crippen LogP contribution in [0.15, 0.2) is 58.1 Å². The van der Waals surface area contributed by atoms with Crippen molar-refractivity contribution >= 4 is 39.9 Å². The van der Waals surface area contributed by atoms with Crippen molar-refractivity contribution in [1.82, 2.24) is 10.7 Å². The predicted molar refractivity (Wildman–Crippen MR) is 114 cm³/mol. The van der Waals surface area contributed by atoms with Gasteiger partial charge in [0.05, 0.1) is 17.3 Å². The van der Waals surface area contributed by atoms with Crippen LogP contribution in [0.4, 0.5) is 0 Å². The number of hydrogen-bond donors (Lipinski definition) is 3. The zero-order valence-electron chi connectivity index (χ0n) is 15.7. The molecule has 0 saturated heterocycles. The van der Waals surface area contributed by atoms with Gasteiger partial charge in [-0.2, -0.15) is 5.10 Å². The topological polar surface area (TPSA) is 108 Å². The minimum atomic E-state index is -1.05. The molecule has 2 rings (SSSR count). The normalized spacial score (nSPS) is 10.7. The van der Waals surface area contributed by atoms with Gasteiger partial charge in [0.15, 0.2) is 0 Å². The summed E-state index contributed by atoms with van der Waals surface area (Å²) in [6, 6.07) is 13.6. The van der Waals surface area contributed by atoms with Crippen LogP contribution in [0.3, 0.4) is 0 Å². The number of carbonyl (C=O) groups is 3. The molecule has 0 spiro atoms. The lowest BCUT2D eigenvalue weighted by atomic mass is 10.1. The number of carboxylic acids is 1. The largest absolute Gasteiger partial charge is 0.478 e. The van der Waals surface area contributed by atoms with Crippen LogP contribution in [0.1, 0.15) is 52.0 Å². The lowest BCUT2D eigenvalue weighted by Gasteiger charge is -2.06. The molecular weight excluding hydrogens is 438 g/mol. The van der Waals surface area contributed by atoms with Gasteiger partial charge in [0.1, 0.15) is 0 Å². The second kappa shape index (κ2) is 11.8.